The Hall–Kier alpha value is -2.29. The maximum absolute atomic E-state index is 12.5. The van der Waals surface area contributed by atoms with Crippen molar-refractivity contribution in [1.29, 1.82) is 0 Å². The zero-order valence-corrected chi connectivity index (χ0v) is 14.7. The maximum atomic E-state index is 12.5. The molecule has 27 heavy (non-hydrogen) atoms. The summed E-state index contributed by atoms with van der Waals surface area (Å²) in [7, 11) is 0. The van der Waals surface area contributed by atoms with Gasteiger partial charge in [-0.1, -0.05) is 6.42 Å². The Morgan fingerprint density at radius 3 is 2.48 bits per heavy atom. The monoisotopic (exact) mass is 390 g/mol. The molecule has 0 saturated carbocycles. The lowest BCUT2D eigenvalue weighted by Gasteiger charge is -2.26. The first-order valence-corrected chi connectivity index (χ1v) is 8.66. The maximum Gasteiger partial charge on any atom is 0.387 e. The van der Waals surface area contributed by atoms with Crippen molar-refractivity contribution in [3.8, 4) is 11.5 Å². The van der Waals surface area contributed by atoms with Crippen LogP contribution in [0.1, 0.15) is 24.8 Å². The number of nitrogens with zero attached hydrogens (tertiary/aromatic N) is 1. The minimum Gasteiger partial charge on any atom is -0.435 e. The largest absolute Gasteiger partial charge is 0.435 e. The smallest absolute Gasteiger partial charge is 0.387 e. The van der Waals surface area contributed by atoms with E-state index in [1.165, 1.54) is 30.7 Å². The lowest BCUT2D eigenvalue weighted by Crippen LogP contribution is -2.37. The molecule has 0 bridgehead atoms. The second-order valence-electron chi connectivity index (χ2n) is 5.98. The van der Waals surface area contributed by atoms with Gasteiger partial charge in [-0.3, -0.25) is 4.79 Å². The Balaban J connectivity index is 1.91. The van der Waals surface area contributed by atoms with Crippen molar-refractivity contribution in [2.75, 3.05) is 26.2 Å². The molecular weight excluding hydrogens is 368 g/mol. The van der Waals surface area contributed by atoms with Crippen LogP contribution in [0.3, 0.4) is 0 Å². The predicted molar refractivity (Wildman–Crippen MR) is 92.0 cm³/mol. The molecule has 1 heterocycles. The van der Waals surface area contributed by atoms with Gasteiger partial charge in [0.1, 0.15) is 11.5 Å². The van der Waals surface area contributed by atoms with Crippen molar-refractivity contribution >= 4 is 12.0 Å². The molecular formula is C18H22F4N2O3. The van der Waals surface area contributed by atoms with Crippen LogP contribution in [0.25, 0.3) is 6.08 Å². The summed E-state index contributed by atoms with van der Waals surface area (Å²) in [5.41, 5.74) is 0.142. The second-order valence-corrected chi connectivity index (χ2v) is 5.98. The van der Waals surface area contributed by atoms with E-state index in [1.54, 1.807) is 0 Å². The fourth-order valence-corrected chi connectivity index (χ4v) is 2.77. The SMILES string of the molecule is O=C(/C=C/c1ccc(OC(F)F)cc1OC(F)F)NCCN1CCCCC1. The standard InChI is InChI=1S/C18H22F4N2O3/c19-17(20)26-14-6-4-13(15(12-14)27-18(21)22)5-7-16(25)23-8-11-24-9-2-1-3-10-24/h4-7,12,17-18H,1-3,8-11H2,(H,23,25)/b7-5+. The summed E-state index contributed by atoms with van der Waals surface area (Å²) in [6, 6.07) is 3.36. The van der Waals surface area contributed by atoms with Crippen molar-refractivity contribution in [1.82, 2.24) is 10.2 Å². The molecule has 1 fully saturated rings. The summed E-state index contributed by atoms with van der Waals surface area (Å²) in [6.45, 7) is -2.96. The van der Waals surface area contributed by atoms with Gasteiger partial charge in [-0.25, -0.2) is 0 Å². The van der Waals surface area contributed by atoms with E-state index in [0.29, 0.717) is 6.54 Å². The highest BCUT2D eigenvalue weighted by atomic mass is 19.3. The van der Waals surface area contributed by atoms with Crippen molar-refractivity contribution in [3.63, 3.8) is 0 Å². The lowest BCUT2D eigenvalue weighted by atomic mass is 10.1. The van der Waals surface area contributed by atoms with Gasteiger partial charge in [0.25, 0.3) is 0 Å². The van der Waals surface area contributed by atoms with Crippen LogP contribution >= 0.6 is 0 Å². The minimum atomic E-state index is -3.14. The number of alkyl halides is 4. The molecule has 5 nitrogen and oxygen atoms in total. The highest BCUT2D eigenvalue weighted by Gasteiger charge is 2.13. The van der Waals surface area contributed by atoms with E-state index in [-0.39, 0.29) is 23.0 Å². The normalized spacial score (nSPS) is 15.5. The molecule has 1 aliphatic heterocycles. The molecule has 1 N–H and O–H groups in total. The number of hydrogen-bond acceptors (Lipinski definition) is 4. The number of rotatable bonds is 9. The first-order chi connectivity index (χ1) is 12.9. The summed E-state index contributed by atoms with van der Waals surface area (Å²) < 4.78 is 58.0. The molecule has 0 aliphatic carbocycles. The van der Waals surface area contributed by atoms with E-state index in [4.69, 9.17) is 0 Å². The van der Waals surface area contributed by atoms with E-state index < -0.39 is 13.2 Å². The second kappa shape index (κ2) is 10.8. The zero-order valence-electron chi connectivity index (χ0n) is 14.7. The van der Waals surface area contributed by atoms with Crippen LogP contribution in [0.2, 0.25) is 0 Å². The van der Waals surface area contributed by atoms with Crippen LogP contribution in [0.4, 0.5) is 17.6 Å². The Kier molecular flexibility index (Phi) is 8.38. The van der Waals surface area contributed by atoms with E-state index in [0.717, 1.165) is 38.5 Å². The Morgan fingerprint density at radius 2 is 1.81 bits per heavy atom. The molecule has 9 heteroatoms. The molecule has 1 aromatic carbocycles. The Labute approximate surface area is 154 Å². The molecule has 1 aliphatic rings. The van der Waals surface area contributed by atoms with Gasteiger partial charge in [-0.05, 0) is 44.1 Å². The number of benzene rings is 1. The van der Waals surface area contributed by atoms with Gasteiger partial charge in [0, 0.05) is 30.8 Å². The first kappa shape index (κ1) is 21.0. The molecule has 0 aromatic heterocycles. The van der Waals surface area contributed by atoms with Crippen LogP contribution in [-0.4, -0.2) is 50.2 Å². The number of carbonyl (C=O) groups excluding carboxylic acids is 1. The van der Waals surface area contributed by atoms with Crippen molar-refractivity contribution in [2.45, 2.75) is 32.5 Å². The van der Waals surface area contributed by atoms with Crippen molar-refractivity contribution in [3.05, 3.63) is 29.8 Å². The summed E-state index contributed by atoms with van der Waals surface area (Å²) >= 11 is 0. The molecule has 1 saturated heterocycles. The fraction of sp³-hybridized carbons (Fsp3) is 0.500. The number of amides is 1. The van der Waals surface area contributed by atoms with E-state index >= 15 is 0 Å². The van der Waals surface area contributed by atoms with Crippen molar-refractivity contribution in [2.24, 2.45) is 0 Å². The topological polar surface area (TPSA) is 50.8 Å². The van der Waals surface area contributed by atoms with Crippen LogP contribution < -0.4 is 14.8 Å². The van der Waals surface area contributed by atoms with Gasteiger partial charge in [0.15, 0.2) is 0 Å². The molecule has 0 radical (unpaired) electrons. The van der Waals surface area contributed by atoms with E-state index in [1.807, 2.05) is 0 Å². The molecule has 2 rings (SSSR count). The minimum absolute atomic E-state index is 0.142. The van der Waals surface area contributed by atoms with Gasteiger partial charge >= 0.3 is 13.2 Å². The average Bonchev–Trinajstić information content (AvgIpc) is 2.61. The van der Waals surface area contributed by atoms with Gasteiger partial charge in [-0.15, -0.1) is 0 Å². The number of likely N-dealkylation sites (tertiary alicyclic amines) is 1. The quantitative estimate of drug-likeness (QED) is 0.518. The van der Waals surface area contributed by atoms with E-state index in [2.05, 4.69) is 19.7 Å². The number of hydrogen-bond donors (Lipinski definition) is 1. The van der Waals surface area contributed by atoms with Crippen LogP contribution in [0.5, 0.6) is 11.5 Å². The molecule has 0 spiro atoms. The number of halogens is 4. The van der Waals surface area contributed by atoms with Crippen LogP contribution in [0.15, 0.2) is 24.3 Å². The molecule has 1 amide bonds. The first-order valence-electron chi connectivity index (χ1n) is 8.66. The number of carbonyl (C=O) groups is 1. The number of ether oxygens (including phenoxy) is 2. The summed E-state index contributed by atoms with van der Waals surface area (Å²) in [5, 5.41) is 2.72. The van der Waals surface area contributed by atoms with Crippen LogP contribution in [0, 0.1) is 0 Å². The highest BCUT2D eigenvalue weighted by molar-refractivity contribution is 5.92. The fourth-order valence-electron chi connectivity index (χ4n) is 2.77. The van der Waals surface area contributed by atoms with E-state index in [9.17, 15) is 22.4 Å². The summed E-state index contributed by atoms with van der Waals surface area (Å²) in [6.07, 6.45) is 6.01. The van der Waals surface area contributed by atoms with Gasteiger partial charge in [-0.2, -0.15) is 17.6 Å². The summed E-state index contributed by atoms with van der Waals surface area (Å²) in [5.74, 6) is -1.06. The summed E-state index contributed by atoms with van der Waals surface area (Å²) in [4.78, 5) is 14.1. The number of nitrogens with one attached hydrogen (secondary N) is 1. The third-order valence-electron chi connectivity index (χ3n) is 4.02. The third-order valence-corrected chi connectivity index (χ3v) is 4.02. The van der Waals surface area contributed by atoms with Gasteiger partial charge in [0.2, 0.25) is 5.91 Å². The Bertz CT molecular complexity index is 635. The molecule has 0 unspecified atom stereocenters. The average molecular weight is 390 g/mol. The van der Waals surface area contributed by atoms with Gasteiger partial charge in [0.05, 0.1) is 0 Å². The van der Waals surface area contributed by atoms with Crippen LogP contribution in [-0.2, 0) is 4.79 Å². The molecule has 0 atom stereocenters. The van der Waals surface area contributed by atoms with Crippen molar-refractivity contribution < 1.29 is 31.8 Å². The predicted octanol–water partition coefficient (Wildman–Crippen LogP) is 3.50. The Morgan fingerprint density at radius 1 is 1.11 bits per heavy atom. The molecule has 150 valence electrons. The molecule has 1 aromatic rings. The number of piperidine rings is 1. The zero-order chi connectivity index (χ0) is 19.6. The lowest BCUT2D eigenvalue weighted by molar-refractivity contribution is -0.116. The highest BCUT2D eigenvalue weighted by Crippen LogP contribution is 2.28. The van der Waals surface area contributed by atoms with Gasteiger partial charge < -0.3 is 19.7 Å². The third kappa shape index (κ3) is 7.86.